The topological polar surface area (TPSA) is 90.9 Å². The first-order chi connectivity index (χ1) is 9.26. The molecule has 1 aromatic rings. The first kappa shape index (κ1) is 13.5. The number of amidine groups is 1. The van der Waals surface area contributed by atoms with Crippen LogP contribution in [0.2, 0.25) is 0 Å². The highest BCUT2D eigenvalue weighted by Gasteiger charge is 2.25. The Morgan fingerprint density at radius 1 is 1.47 bits per heavy atom. The molecule has 1 saturated heterocycles. The standard InChI is InChI=1S/C12H20N6O/c1-2-10(12(13)16-19)17-6-8-18(9-7-17)11-4-3-5-14-15-11/h3-5,10,19H,2,6-9H2,1H3,(H2,13,16). The van der Waals surface area contributed by atoms with Gasteiger partial charge in [0.2, 0.25) is 0 Å². The summed E-state index contributed by atoms with van der Waals surface area (Å²) >= 11 is 0. The number of aromatic nitrogens is 2. The lowest BCUT2D eigenvalue weighted by Crippen LogP contribution is -2.54. The third-order valence-electron chi connectivity index (χ3n) is 3.48. The SMILES string of the molecule is CCC(C(N)=NO)N1CCN(c2cccnn2)CC1. The van der Waals surface area contributed by atoms with Crippen LogP contribution in [0.5, 0.6) is 0 Å². The van der Waals surface area contributed by atoms with Gasteiger partial charge in [-0.05, 0) is 18.6 Å². The van der Waals surface area contributed by atoms with Crippen molar-refractivity contribution in [1.29, 1.82) is 0 Å². The number of piperazine rings is 1. The van der Waals surface area contributed by atoms with Crippen LogP contribution in [0.1, 0.15) is 13.3 Å². The zero-order chi connectivity index (χ0) is 13.7. The monoisotopic (exact) mass is 264 g/mol. The Balaban J connectivity index is 1.95. The van der Waals surface area contributed by atoms with E-state index in [1.54, 1.807) is 6.20 Å². The van der Waals surface area contributed by atoms with Crippen LogP contribution in [0.4, 0.5) is 5.82 Å². The van der Waals surface area contributed by atoms with Gasteiger partial charge in [0.1, 0.15) is 0 Å². The summed E-state index contributed by atoms with van der Waals surface area (Å²) in [7, 11) is 0. The fourth-order valence-corrected chi connectivity index (χ4v) is 2.45. The fourth-order valence-electron chi connectivity index (χ4n) is 2.45. The summed E-state index contributed by atoms with van der Waals surface area (Å²) in [4.78, 5) is 4.43. The molecule has 1 unspecified atom stereocenters. The average molecular weight is 264 g/mol. The third kappa shape index (κ3) is 3.11. The number of nitrogens with zero attached hydrogens (tertiary/aromatic N) is 5. The maximum absolute atomic E-state index is 8.80. The summed E-state index contributed by atoms with van der Waals surface area (Å²) in [6.07, 6.45) is 2.51. The summed E-state index contributed by atoms with van der Waals surface area (Å²) in [5, 5.41) is 19.9. The Hall–Kier alpha value is -1.89. The van der Waals surface area contributed by atoms with Crippen molar-refractivity contribution < 1.29 is 5.21 Å². The van der Waals surface area contributed by atoms with Crippen LogP contribution in [0.25, 0.3) is 0 Å². The van der Waals surface area contributed by atoms with Crippen molar-refractivity contribution in [3.8, 4) is 0 Å². The molecule has 0 aromatic carbocycles. The van der Waals surface area contributed by atoms with Crippen LogP contribution < -0.4 is 10.6 Å². The Kier molecular flexibility index (Phi) is 4.51. The lowest BCUT2D eigenvalue weighted by Gasteiger charge is -2.38. The molecule has 0 amide bonds. The summed E-state index contributed by atoms with van der Waals surface area (Å²) in [6, 6.07) is 3.86. The Morgan fingerprint density at radius 2 is 2.21 bits per heavy atom. The number of rotatable bonds is 4. The van der Waals surface area contributed by atoms with Gasteiger partial charge in [0.05, 0.1) is 6.04 Å². The Morgan fingerprint density at radius 3 is 2.74 bits per heavy atom. The van der Waals surface area contributed by atoms with Gasteiger partial charge >= 0.3 is 0 Å². The number of nitrogens with two attached hydrogens (primary N) is 1. The Bertz CT molecular complexity index is 415. The number of anilines is 1. The van der Waals surface area contributed by atoms with Gasteiger partial charge in [-0.25, -0.2) is 0 Å². The molecule has 1 atom stereocenters. The minimum atomic E-state index is 0.00834. The smallest absolute Gasteiger partial charge is 0.156 e. The number of oxime groups is 1. The van der Waals surface area contributed by atoms with Crippen molar-refractivity contribution in [2.75, 3.05) is 31.1 Å². The lowest BCUT2D eigenvalue weighted by atomic mass is 10.1. The van der Waals surface area contributed by atoms with Crippen molar-refractivity contribution in [3.05, 3.63) is 18.3 Å². The van der Waals surface area contributed by atoms with E-state index < -0.39 is 0 Å². The molecule has 1 aliphatic rings. The molecule has 0 saturated carbocycles. The average Bonchev–Trinajstić information content (AvgIpc) is 2.49. The Labute approximate surface area is 112 Å². The van der Waals surface area contributed by atoms with E-state index in [1.165, 1.54) is 0 Å². The van der Waals surface area contributed by atoms with Crippen molar-refractivity contribution in [3.63, 3.8) is 0 Å². The summed E-state index contributed by atoms with van der Waals surface area (Å²) in [6.45, 7) is 5.51. The summed E-state index contributed by atoms with van der Waals surface area (Å²) < 4.78 is 0. The van der Waals surface area contributed by atoms with Crippen LogP contribution in [0, 0.1) is 0 Å². The largest absolute Gasteiger partial charge is 0.409 e. The molecule has 1 aromatic heterocycles. The molecule has 1 aliphatic heterocycles. The quantitative estimate of drug-likeness (QED) is 0.347. The van der Waals surface area contributed by atoms with Crippen molar-refractivity contribution in [2.45, 2.75) is 19.4 Å². The van der Waals surface area contributed by atoms with Gasteiger partial charge in [-0.15, -0.1) is 5.10 Å². The van der Waals surface area contributed by atoms with Crippen LogP contribution in [0.3, 0.4) is 0 Å². The highest BCUT2D eigenvalue weighted by Crippen LogP contribution is 2.14. The number of hydrogen-bond acceptors (Lipinski definition) is 6. The molecule has 0 spiro atoms. The fraction of sp³-hybridized carbons (Fsp3) is 0.583. The van der Waals surface area contributed by atoms with Crippen molar-refractivity contribution >= 4 is 11.7 Å². The molecule has 0 radical (unpaired) electrons. The molecule has 1 fully saturated rings. The first-order valence-electron chi connectivity index (χ1n) is 6.50. The minimum absolute atomic E-state index is 0.00834. The molecule has 19 heavy (non-hydrogen) atoms. The van der Waals surface area contributed by atoms with Crippen LogP contribution >= 0.6 is 0 Å². The van der Waals surface area contributed by atoms with Gasteiger partial charge in [-0.2, -0.15) is 5.10 Å². The van der Waals surface area contributed by atoms with E-state index >= 15 is 0 Å². The minimum Gasteiger partial charge on any atom is -0.409 e. The van der Waals surface area contributed by atoms with Gasteiger partial charge in [-0.1, -0.05) is 12.1 Å². The van der Waals surface area contributed by atoms with Gasteiger partial charge < -0.3 is 15.8 Å². The van der Waals surface area contributed by atoms with Gasteiger partial charge in [-0.3, -0.25) is 4.90 Å². The zero-order valence-electron chi connectivity index (χ0n) is 11.1. The van der Waals surface area contributed by atoms with E-state index in [4.69, 9.17) is 10.9 Å². The van der Waals surface area contributed by atoms with E-state index in [9.17, 15) is 0 Å². The van der Waals surface area contributed by atoms with Crippen molar-refractivity contribution in [2.24, 2.45) is 10.9 Å². The van der Waals surface area contributed by atoms with Gasteiger partial charge in [0.15, 0.2) is 11.7 Å². The van der Waals surface area contributed by atoms with E-state index in [1.807, 2.05) is 19.1 Å². The molecule has 0 bridgehead atoms. The zero-order valence-corrected chi connectivity index (χ0v) is 11.1. The second-order valence-electron chi connectivity index (χ2n) is 4.55. The predicted octanol–water partition coefficient (Wildman–Crippen LogP) is 0.124. The van der Waals surface area contributed by atoms with E-state index in [-0.39, 0.29) is 11.9 Å². The molecule has 0 aliphatic carbocycles. The molecule has 7 nitrogen and oxygen atoms in total. The maximum Gasteiger partial charge on any atom is 0.156 e. The molecule has 3 N–H and O–H groups in total. The highest BCUT2D eigenvalue weighted by atomic mass is 16.4. The summed E-state index contributed by atoms with van der Waals surface area (Å²) in [5.74, 6) is 1.19. The molecule has 2 rings (SSSR count). The first-order valence-corrected chi connectivity index (χ1v) is 6.50. The van der Waals surface area contributed by atoms with Crippen molar-refractivity contribution in [1.82, 2.24) is 15.1 Å². The highest BCUT2D eigenvalue weighted by molar-refractivity contribution is 5.85. The third-order valence-corrected chi connectivity index (χ3v) is 3.48. The van der Waals surface area contributed by atoms with E-state index in [0.717, 1.165) is 38.4 Å². The maximum atomic E-state index is 8.80. The molecule has 2 heterocycles. The lowest BCUT2D eigenvalue weighted by molar-refractivity contribution is 0.215. The van der Waals surface area contributed by atoms with Crippen LogP contribution in [0.15, 0.2) is 23.5 Å². The number of hydrogen-bond donors (Lipinski definition) is 2. The van der Waals surface area contributed by atoms with E-state index in [2.05, 4.69) is 25.2 Å². The second-order valence-corrected chi connectivity index (χ2v) is 4.55. The normalized spacial score (nSPS) is 19.4. The molecule has 104 valence electrons. The molecular weight excluding hydrogens is 244 g/mol. The van der Waals surface area contributed by atoms with Gasteiger partial charge in [0, 0.05) is 32.4 Å². The van der Waals surface area contributed by atoms with Crippen LogP contribution in [-0.4, -0.2) is 58.4 Å². The van der Waals surface area contributed by atoms with E-state index in [0.29, 0.717) is 0 Å². The predicted molar refractivity (Wildman–Crippen MR) is 73.3 cm³/mol. The molecular formula is C12H20N6O. The van der Waals surface area contributed by atoms with Gasteiger partial charge in [0.25, 0.3) is 0 Å². The summed E-state index contributed by atoms with van der Waals surface area (Å²) in [5.41, 5.74) is 5.73. The molecule has 7 heteroatoms. The second kappa shape index (κ2) is 6.33. The van der Waals surface area contributed by atoms with Crippen LogP contribution in [-0.2, 0) is 0 Å².